The van der Waals surface area contributed by atoms with Crippen LogP contribution in [-0.4, -0.2) is 58.9 Å². The van der Waals surface area contributed by atoms with Crippen LogP contribution in [0.15, 0.2) is 24.4 Å². The Morgan fingerprint density at radius 2 is 1.86 bits per heavy atom. The van der Waals surface area contributed by atoms with Crippen LogP contribution in [0.3, 0.4) is 0 Å². The Hall–Kier alpha value is -2.65. The molecule has 0 atom stereocenters. The number of ether oxygens (including phenoxy) is 1. The quantitative estimate of drug-likeness (QED) is 0.598. The fourth-order valence-corrected chi connectivity index (χ4v) is 4.59. The zero-order chi connectivity index (χ0) is 25.3. The van der Waals surface area contributed by atoms with Crippen LogP contribution in [0.25, 0.3) is 0 Å². The number of nitrogens with one attached hydrogen (secondary N) is 1. The summed E-state index contributed by atoms with van der Waals surface area (Å²) in [5, 5.41) is 10.5. The van der Waals surface area contributed by atoms with Crippen LogP contribution in [-0.2, 0) is 9.53 Å². The van der Waals surface area contributed by atoms with E-state index in [0.717, 1.165) is 18.4 Å². The number of carbonyl (C=O) groups excluding carboxylic acids is 2. The van der Waals surface area contributed by atoms with Gasteiger partial charge < -0.3 is 19.9 Å². The van der Waals surface area contributed by atoms with Crippen molar-refractivity contribution in [3.8, 4) is 0 Å². The minimum absolute atomic E-state index is 0.106. The fourth-order valence-electron chi connectivity index (χ4n) is 4.25. The van der Waals surface area contributed by atoms with E-state index in [1.165, 1.54) is 12.3 Å². The van der Waals surface area contributed by atoms with E-state index in [1.54, 1.807) is 11.0 Å². The van der Waals surface area contributed by atoms with Crippen molar-refractivity contribution in [2.45, 2.75) is 45.1 Å². The van der Waals surface area contributed by atoms with Gasteiger partial charge in [-0.3, -0.25) is 4.79 Å². The summed E-state index contributed by atoms with van der Waals surface area (Å²) in [7, 11) is 0. The van der Waals surface area contributed by atoms with Gasteiger partial charge in [0.05, 0.1) is 23.5 Å². The highest BCUT2D eigenvalue weighted by Crippen LogP contribution is 2.35. The standard InChI is InChI=1S/C24H28Cl2FN5O3/c1-24(2,3)35-23(34)31-8-6-14(7-9-31)15-4-5-18(17(27)10-15)29-22(33)16-12-32(13-16)19-11-28-30-21(26)20(19)25/h4-5,10-11,14,16H,6-9,12-13H2,1-3H3,(H,29,33). The zero-order valence-electron chi connectivity index (χ0n) is 19.9. The maximum Gasteiger partial charge on any atom is 0.410 e. The molecule has 2 fully saturated rings. The average molecular weight is 524 g/mol. The van der Waals surface area contributed by atoms with E-state index in [1.807, 2.05) is 31.7 Å². The summed E-state index contributed by atoms with van der Waals surface area (Å²) in [4.78, 5) is 28.4. The van der Waals surface area contributed by atoms with Crippen LogP contribution in [0.4, 0.5) is 20.6 Å². The molecule has 1 aromatic heterocycles. The average Bonchev–Trinajstić information content (AvgIpc) is 2.76. The number of halogens is 3. The van der Waals surface area contributed by atoms with Gasteiger partial charge in [-0.1, -0.05) is 29.3 Å². The highest BCUT2D eigenvalue weighted by Gasteiger charge is 2.35. The molecule has 1 aromatic carbocycles. The van der Waals surface area contributed by atoms with E-state index in [-0.39, 0.29) is 34.7 Å². The Bertz CT molecular complexity index is 1110. The first-order valence-electron chi connectivity index (χ1n) is 11.5. The van der Waals surface area contributed by atoms with Gasteiger partial charge in [0.2, 0.25) is 5.91 Å². The monoisotopic (exact) mass is 523 g/mol. The van der Waals surface area contributed by atoms with E-state index in [4.69, 9.17) is 27.9 Å². The van der Waals surface area contributed by atoms with Crippen molar-refractivity contribution >= 4 is 46.6 Å². The molecule has 188 valence electrons. The fraction of sp³-hybridized carbons (Fsp3) is 0.500. The second kappa shape index (κ2) is 10.1. The molecule has 2 saturated heterocycles. The number of carbonyl (C=O) groups is 2. The predicted octanol–water partition coefficient (Wildman–Crippen LogP) is 5.11. The molecule has 0 saturated carbocycles. The lowest BCUT2D eigenvalue weighted by Gasteiger charge is -2.40. The number of aromatic nitrogens is 2. The summed E-state index contributed by atoms with van der Waals surface area (Å²) in [5.74, 6) is -0.912. The number of hydrogen-bond acceptors (Lipinski definition) is 6. The van der Waals surface area contributed by atoms with E-state index in [2.05, 4.69) is 15.5 Å². The first kappa shape index (κ1) is 25.4. The molecular formula is C24H28Cl2FN5O3. The lowest BCUT2D eigenvalue weighted by Crippen LogP contribution is -2.52. The highest BCUT2D eigenvalue weighted by molar-refractivity contribution is 6.42. The van der Waals surface area contributed by atoms with Gasteiger partial charge in [0.25, 0.3) is 0 Å². The SMILES string of the molecule is CC(C)(C)OC(=O)N1CCC(c2ccc(NC(=O)C3CN(c4cnnc(Cl)c4Cl)C3)c(F)c2)CC1. The van der Waals surface area contributed by atoms with Gasteiger partial charge >= 0.3 is 6.09 Å². The summed E-state index contributed by atoms with van der Waals surface area (Å²) < 4.78 is 20.3. The van der Waals surface area contributed by atoms with Gasteiger partial charge in [0.1, 0.15) is 16.4 Å². The van der Waals surface area contributed by atoms with Crippen molar-refractivity contribution in [1.82, 2.24) is 15.1 Å². The van der Waals surface area contributed by atoms with Crippen molar-refractivity contribution in [2.24, 2.45) is 5.92 Å². The van der Waals surface area contributed by atoms with E-state index in [0.29, 0.717) is 36.9 Å². The maximum absolute atomic E-state index is 14.8. The number of likely N-dealkylation sites (tertiary alicyclic amines) is 1. The van der Waals surface area contributed by atoms with Gasteiger partial charge in [-0.2, -0.15) is 5.10 Å². The first-order valence-corrected chi connectivity index (χ1v) is 12.3. The third kappa shape index (κ3) is 5.95. The largest absolute Gasteiger partial charge is 0.444 e. The molecule has 0 bridgehead atoms. The number of benzene rings is 1. The molecule has 1 N–H and O–H groups in total. The third-order valence-corrected chi connectivity index (χ3v) is 6.93. The Labute approximate surface area is 213 Å². The van der Waals surface area contributed by atoms with Crippen molar-refractivity contribution in [1.29, 1.82) is 0 Å². The Morgan fingerprint density at radius 1 is 1.17 bits per heavy atom. The van der Waals surface area contributed by atoms with Crippen LogP contribution >= 0.6 is 23.2 Å². The number of rotatable bonds is 4. The maximum atomic E-state index is 14.8. The summed E-state index contributed by atoms with van der Waals surface area (Å²) in [6.45, 7) is 7.47. The molecule has 3 heterocycles. The molecule has 0 spiro atoms. The van der Waals surface area contributed by atoms with Crippen LogP contribution in [0.1, 0.15) is 45.1 Å². The summed E-state index contributed by atoms with van der Waals surface area (Å²) in [5.41, 5.74) is 1.08. The van der Waals surface area contributed by atoms with Gasteiger partial charge in [-0.15, -0.1) is 5.10 Å². The number of nitrogens with zero attached hydrogens (tertiary/aromatic N) is 4. The molecule has 2 aliphatic rings. The van der Waals surface area contributed by atoms with Crippen molar-refractivity contribution in [3.05, 3.63) is 46.0 Å². The molecule has 0 aliphatic carbocycles. The van der Waals surface area contributed by atoms with E-state index in [9.17, 15) is 14.0 Å². The predicted molar refractivity (Wildman–Crippen MR) is 133 cm³/mol. The topological polar surface area (TPSA) is 87.7 Å². The molecule has 0 unspecified atom stereocenters. The zero-order valence-corrected chi connectivity index (χ0v) is 21.4. The van der Waals surface area contributed by atoms with Crippen LogP contribution in [0.5, 0.6) is 0 Å². The van der Waals surface area contributed by atoms with Gasteiger partial charge in [0.15, 0.2) is 5.15 Å². The van der Waals surface area contributed by atoms with E-state index >= 15 is 0 Å². The number of amides is 2. The van der Waals surface area contributed by atoms with Crippen LogP contribution in [0, 0.1) is 11.7 Å². The van der Waals surface area contributed by atoms with Gasteiger partial charge in [0, 0.05) is 26.2 Å². The molecule has 11 heteroatoms. The van der Waals surface area contributed by atoms with Gasteiger partial charge in [-0.25, -0.2) is 9.18 Å². The number of hydrogen-bond donors (Lipinski definition) is 1. The highest BCUT2D eigenvalue weighted by atomic mass is 35.5. The summed E-state index contributed by atoms with van der Waals surface area (Å²) in [6.07, 6.45) is 2.62. The molecular weight excluding hydrogens is 496 g/mol. The molecule has 2 amide bonds. The van der Waals surface area contributed by atoms with Crippen molar-refractivity contribution in [2.75, 3.05) is 36.4 Å². The molecule has 4 rings (SSSR count). The van der Waals surface area contributed by atoms with Crippen LogP contribution in [0.2, 0.25) is 10.2 Å². The lowest BCUT2D eigenvalue weighted by atomic mass is 9.89. The first-order chi connectivity index (χ1) is 16.5. The Kier molecular flexibility index (Phi) is 7.38. The minimum atomic E-state index is -0.536. The molecule has 35 heavy (non-hydrogen) atoms. The minimum Gasteiger partial charge on any atom is -0.444 e. The second-order valence-corrected chi connectivity index (χ2v) is 10.6. The normalized spacial score (nSPS) is 17.2. The van der Waals surface area contributed by atoms with E-state index < -0.39 is 11.4 Å². The van der Waals surface area contributed by atoms with Crippen molar-refractivity contribution < 1.29 is 18.7 Å². The molecule has 2 aromatic rings. The molecule has 8 nitrogen and oxygen atoms in total. The smallest absolute Gasteiger partial charge is 0.410 e. The second-order valence-electron chi connectivity index (χ2n) is 9.91. The third-order valence-electron chi connectivity index (χ3n) is 6.19. The van der Waals surface area contributed by atoms with Crippen LogP contribution < -0.4 is 10.2 Å². The summed E-state index contributed by atoms with van der Waals surface area (Å²) >= 11 is 12.1. The lowest BCUT2D eigenvalue weighted by molar-refractivity contribution is -0.120. The molecule has 0 radical (unpaired) electrons. The molecule has 2 aliphatic heterocycles. The van der Waals surface area contributed by atoms with Crippen molar-refractivity contribution in [3.63, 3.8) is 0 Å². The Morgan fingerprint density at radius 3 is 2.49 bits per heavy atom. The number of anilines is 2. The Balaban J connectivity index is 1.29. The summed E-state index contributed by atoms with van der Waals surface area (Å²) in [6, 6.07) is 4.91. The van der Waals surface area contributed by atoms with Gasteiger partial charge in [-0.05, 0) is 57.2 Å². The number of piperidine rings is 1.